The molecule has 2 aromatic heterocycles. The van der Waals surface area contributed by atoms with Gasteiger partial charge in [0.1, 0.15) is 0 Å². The lowest BCUT2D eigenvalue weighted by atomic mass is 9.96. The first-order valence-corrected chi connectivity index (χ1v) is 11.8. The number of nitrogens with one attached hydrogen (secondary N) is 1. The molecule has 2 heterocycles. The highest BCUT2D eigenvalue weighted by atomic mass is 32.1. The molecular formula is C30H17NS. The molecule has 0 fully saturated rings. The van der Waals surface area contributed by atoms with Gasteiger partial charge in [-0.05, 0) is 39.1 Å². The van der Waals surface area contributed by atoms with Gasteiger partial charge in [0.15, 0.2) is 0 Å². The van der Waals surface area contributed by atoms with Crippen LogP contribution in [0.15, 0.2) is 97.1 Å². The number of fused-ring (bicyclic) bond motifs is 14. The van der Waals surface area contributed by atoms with E-state index in [1.54, 1.807) is 0 Å². The molecule has 0 bridgehead atoms. The summed E-state index contributed by atoms with van der Waals surface area (Å²) in [6, 6.07) is 35.4. The Balaban J connectivity index is 1.78. The van der Waals surface area contributed by atoms with Crippen molar-refractivity contribution >= 4 is 85.6 Å². The van der Waals surface area contributed by atoms with Crippen LogP contribution >= 0.6 is 11.3 Å². The maximum atomic E-state index is 3.85. The summed E-state index contributed by atoms with van der Waals surface area (Å²) in [5, 5.41) is 13.3. The van der Waals surface area contributed by atoms with Crippen LogP contribution in [-0.2, 0) is 0 Å². The van der Waals surface area contributed by atoms with E-state index in [1.807, 2.05) is 11.3 Å². The Bertz CT molecular complexity index is 2040. The minimum Gasteiger partial charge on any atom is -0.354 e. The number of hydrogen-bond donors (Lipinski definition) is 1. The van der Waals surface area contributed by atoms with Gasteiger partial charge in [0.05, 0.1) is 5.52 Å². The highest BCUT2D eigenvalue weighted by Gasteiger charge is 2.19. The lowest BCUT2D eigenvalue weighted by Crippen LogP contribution is -1.79. The highest BCUT2D eigenvalue weighted by Crippen LogP contribution is 2.48. The van der Waals surface area contributed by atoms with Crippen LogP contribution < -0.4 is 0 Å². The molecule has 0 saturated carbocycles. The van der Waals surface area contributed by atoms with E-state index in [-0.39, 0.29) is 0 Å². The number of benzene rings is 6. The van der Waals surface area contributed by atoms with Gasteiger partial charge < -0.3 is 4.98 Å². The van der Waals surface area contributed by atoms with Gasteiger partial charge in [-0.25, -0.2) is 0 Å². The third-order valence-corrected chi connectivity index (χ3v) is 8.15. The van der Waals surface area contributed by atoms with Crippen molar-refractivity contribution in [3.05, 3.63) is 97.1 Å². The van der Waals surface area contributed by atoms with Crippen LogP contribution in [0.1, 0.15) is 0 Å². The summed E-state index contributed by atoms with van der Waals surface area (Å²) in [6.45, 7) is 0. The third kappa shape index (κ3) is 1.99. The second kappa shape index (κ2) is 5.87. The van der Waals surface area contributed by atoms with Gasteiger partial charge in [-0.3, -0.25) is 0 Å². The van der Waals surface area contributed by atoms with Crippen LogP contribution in [0.2, 0.25) is 0 Å². The van der Waals surface area contributed by atoms with E-state index in [1.165, 1.54) is 74.3 Å². The maximum Gasteiger partial charge on any atom is 0.0566 e. The molecule has 0 unspecified atom stereocenters. The minimum absolute atomic E-state index is 1.20. The highest BCUT2D eigenvalue weighted by molar-refractivity contribution is 7.27. The van der Waals surface area contributed by atoms with Gasteiger partial charge in [-0.2, -0.15) is 0 Å². The van der Waals surface area contributed by atoms with Crippen molar-refractivity contribution in [1.29, 1.82) is 0 Å². The van der Waals surface area contributed by atoms with E-state index < -0.39 is 0 Å². The van der Waals surface area contributed by atoms with Gasteiger partial charge in [-0.1, -0.05) is 84.9 Å². The van der Waals surface area contributed by atoms with Gasteiger partial charge in [0, 0.05) is 41.8 Å². The molecule has 0 aliphatic carbocycles. The lowest BCUT2D eigenvalue weighted by Gasteiger charge is -2.06. The molecule has 0 atom stereocenters. The van der Waals surface area contributed by atoms with Crippen LogP contribution in [0.5, 0.6) is 0 Å². The number of aromatic nitrogens is 1. The van der Waals surface area contributed by atoms with Crippen molar-refractivity contribution < 1.29 is 0 Å². The molecule has 0 spiro atoms. The summed E-state index contributed by atoms with van der Waals surface area (Å²) in [5.74, 6) is 0. The molecule has 2 heteroatoms. The Morgan fingerprint density at radius 1 is 0.469 bits per heavy atom. The van der Waals surface area contributed by atoms with Crippen molar-refractivity contribution in [2.75, 3.05) is 0 Å². The topological polar surface area (TPSA) is 15.8 Å². The first-order chi connectivity index (χ1) is 15.9. The van der Waals surface area contributed by atoms with Crippen molar-refractivity contribution in [1.82, 2.24) is 4.98 Å². The predicted molar refractivity (Wildman–Crippen MR) is 141 cm³/mol. The van der Waals surface area contributed by atoms with E-state index in [0.717, 1.165) is 0 Å². The van der Waals surface area contributed by atoms with E-state index in [0.29, 0.717) is 0 Å². The monoisotopic (exact) mass is 423 g/mol. The summed E-state index contributed by atoms with van der Waals surface area (Å²) in [6.07, 6.45) is 0. The van der Waals surface area contributed by atoms with Crippen LogP contribution in [0.3, 0.4) is 0 Å². The second-order valence-electron chi connectivity index (χ2n) is 8.60. The second-order valence-corrected chi connectivity index (χ2v) is 9.65. The van der Waals surface area contributed by atoms with Crippen molar-refractivity contribution in [2.45, 2.75) is 0 Å². The lowest BCUT2D eigenvalue weighted by molar-refractivity contribution is 1.58. The summed E-state index contributed by atoms with van der Waals surface area (Å²) < 4.78 is 2.72. The number of H-pyrrole nitrogens is 1. The average Bonchev–Trinajstić information content (AvgIpc) is 3.43. The Morgan fingerprint density at radius 3 is 1.88 bits per heavy atom. The Hall–Kier alpha value is -3.88. The fourth-order valence-corrected chi connectivity index (χ4v) is 6.88. The number of thiophene rings is 1. The predicted octanol–water partition coefficient (Wildman–Crippen LogP) is 9.15. The maximum absolute atomic E-state index is 3.85. The van der Waals surface area contributed by atoms with E-state index in [4.69, 9.17) is 0 Å². The molecule has 32 heavy (non-hydrogen) atoms. The normalized spacial score (nSPS) is 12.4. The summed E-state index contributed by atoms with van der Waals surface area (Å²) in [5.41, 5.74) is 2.46. The van der Waals surface area contributed by atoms with Crippen molar-refractivity contribution in [3.63, 3.8) is 0 Å². The molecule has 1 N–H and O–H groups in total. The molecule has 0 saturated heterocycles. The molecule has 8 rings (SSSR count). The van der Waals surface area contributed by atoms with E-state index >= 15 is 0 Å². The number of aromatic amines is 1. The zero-order valence-corrected chi connectivity index (χ0v) is 18.0. The molecule has 1 nitrogen and oxygen atoms in total. The third-order valence-electron chi connectivity index (χ3n) is 6.96. The van der Waals surface area contributed by atoms with Crippen molar-refractivity contribution in [3.8, 4) is 0 Å². The molecule has 0 aliphatic heterocycles. The summed E-state index contributed by atoms with van der Waals surface area (Å²) in [4.78, 5) is 3.85. The van der Waals surface area contributed by atoms with Gasteiger partial charge in [0.25, 0.3) is 0 Å². The molecule has 148 valence electrons. The van der Waals surface area contributed by atoms with Gasteiger partial charge in [0.2, 0.25) is 0 Å². The quantitative estimate of drug-likeness (QED) is 0.250. The Kier molecular flexibility index (Phi) is 3.08. The first-order valence-electron chi connectivity index (χ1n) is 11.0. The molecule has 0 amide bonds. The Labute approximate surface area is 187 Å². The zero-order chi connectivity index (χ0) is 20.8. The number of rotatable bonds is 0. The van der Waals surface area contributed by atoms with Crippen molar-refractivity contribution in [2.24, 2.45) is 0 Å². The molecule has 0 aliphatic rings. The SMILES string of the molecule is c1ccc2c(c1)ccc1[nH]c3c(c4ccccc4c4sc5ccc6ccccc6c5c34)c12. The Morgan fingerprint density at radius 2 is 1.09 bits per heavy atom. The van der Waals surface area contributed by atoms with Gasteiger partial charge in [-0.15, -0.1) is 11.3 Å². The fraction of sp³-hybridized carbons (Fsp3) is 0. The van der Waals surface area contributed by atoms with E-state index in [2.05, 4.69) is 102 Å². The smallest absolute Gasteiger partial charge is 0.0566 e. The molecule has 8 aromatic rings. The van der Waals surface area contributed by atoms with Crippen LogP contribution in [0, 0.1) is 0 Å². The minimum atomic E-state index is 1.20. The molecule has 6 aromatic carbocycles. The molecule has 0 radical (unpaired) electrons. The number of hydrogen-bond acceptors (Lipinski definition) is 1. The van der Waals surface area contributed by atoms with E-state index in [9.17, 15) is 0 Å². The van der Waals surface area contributed by atoms with Crippen LogP contribution in [0.25, 0.3) is 74.3 Å². The zero-order valence-electron chi connectivity index (χ0n) is 17.1. The molecular weight excluding hydrogens is 406 g/mol. The van der Waals surface area contributed by atoms with Crippen LogP contribution in [0.4, 0.5) is 0 Å². The standard InChI is InChI=1S/C30H17NS/c1-3-9-19-17(7-1)13-15-23-25(19)27-21-11-5-6-12-22(21)30-28(29(27)31-23)26-20-10-4-2-8-18(20)14-16-24(26)32-30/h1-16,31H. The largest absolute Gasteiger partial charge is 0.354 e. The first kappa shape index (κ1) is 16.8. The summed E-state index contributed by atoms with van der Waals surface area (Å²) in [7, 11) is 0. The van der Waals surface area contributed by atoms with Crippen LogP contribution in [-0.4, -0.2) is 4.98 Å². The fourth-order valence-electron chi connectivity index (χ4n) is 5.62. The van der Waals surface area contributed by atoms with Gasteiger partial charge >= 0.3 is 0 Å². The average molecular weight is 424 g/mol. The summed E-state index contributed by atoms with van der Waals surface area (Å²) >= 11 is 1.91.